The second-order valence-corrected chi connectivity index (χ2v) is 14.7. The Labute approximate surface area is 304 Å². The number of hydrogen-bond acceptors (Lipinski definition) is 13. The Kier molecular flexibility index (Phi) is 23.3. The van der Waals surface area contributed by atoms with E-state index in [-0.39, 0.29) is 47.9 Å². The molecule has 1 aromatic rings. The Hall–Kier alpha value is 0.0700. The van der Waals surface area contributed by atoms with Gasteiger partial charge in [0, 0.05) is 12.8 Å². The summed E-state index contributed by atoms with van der Waals surface area (Å²) in [6, 6.07) is 1.26. The van der Waals surface area contributed by atoms with E-state index in [1.54, 1.807) is 0 Å². The molecule has 0 radical (unpaired) electrons. The van der Waals surface area contributed by atoms with Gasteiger partial charge in [0.15, 0.2) is 6.23 Å². The van der Waals surface area contributed by atoms with Crippen LogP contribution in [0.5, 0.6) is 0 Å². The molecule has 0 spiro atoms. The number of nitrogens with two attached hydrogens (primary N) is 1. The van der Waals surface area contributed by atoms with E-state index in [9.17, 15) is 33.9 Å². The van der Waals surface area contributed by atoms with Gasteiger partial charge in [-0.15, -0.1) is 11.6 Å². The molecule has 5 N–H and O–H groups in total. The molecule has 1 aromatic heterocycles. The van der Waals surface area contributed by atoms with Crippen LogP contribution in [0, 0.1) is 0 Å². The maximum absolute atomic E-state index is 12.3. The van der Waals surface area contributed by atoms with Crippen LogP contribution in [0.15, 0.2) is 17.1 Å². The molecule has 1 aliphatic rings. The molecule has 7 atom stereocenters. The summed E-state index contributed by atoms with van der Waals surface area (Å²) in [4.78, 5) is 37.8. The van der Waals surface area contributed by atoms with Gasteiger partial charge < -0.3 is 39.7 Å². The number of nitrogen functional groups attached to an aromatic ring is 1. The summed E-state index contributed by atoms with van der Waals surface area (Å²) in [5.41, 5.74) is 4.56. The fraction of sp³-hybridized carbons (Fsp3) is 0.857. The minimum Gasteiger partial charge on any atom is -0.756 e. The molecular weight excluding hydrogens is 691 g/mol. The number of alkyl halides is 1. The molecule has 7 unspecified atom stereocenters. The fourth-order valence-electron chi connectivity index (χ4n) is 4.95. The predicted octanol–water partition coefficient (Wildman–Crippen LogP) is 1.17. The van der Waals surface area contributed by atoms with Crippen molar-refractivity contribution in [1.82, 2.24) is 9.55 Å². The van der Waals surface area contributed by atoms with Crippen LogP contribution in [0.3, 0.4) is 0 Å². The van der Waals surface area contributed by atoms with Crippen LogP contribution in [0.25, 0.3) is 0 Å². The maximum atomic E-state index is 12.3. The Balaban J connectivity index is 0.0000110. The van der Waals surface area contributed by atoms with Gasteiger partial charge in [0.05, 0.1) is 19.1 Å². The van der Waals surface area contributed by atoms with Crippen molar-refractivity contribution in [2.24, 2.45) is 0 Å². The quantitative estimate of drug-likeness (QED) is 0.0453. The van der Waals surface area contributed by atoms with Gasteiger partial charge in [-0.1, -0.05) is 90.4 Å². The number of phosphoric ester groups is 2. The summed E-state index contributed by atoms with van der Waals surface area (Å²) >= 11 is 5.79. The molecule has 0 bridgehead atoms. The Morgan fingerprint density at radius 3 is 2.11 bits per heavy atom. The zero-order valence-electron chi connectivity index (χ0n) is 27.5. The molecular formula is C28H51ClN3NaO12P2. The molecule has 1 fully saturated rings. The number of aliphatic hydroxyl groups is 2. The van der Waals surface area contributed by atoms with E-state index in [4.69, 9.17) is 31.3 Å². The second kappa shape index (κ2) is 24.3. The van der Waals surface area contributed by atoms with Crippen molar-refractivity contribution < 1.29 is 81.5 Å². The van der Waals surface area contributed by atoms with Gasteiger partial charge in [-0.3, -0.25) is 13.7 Å². The average Bonchev–Trinajstić information content (AvgIpc) is 3.27. The standard InChI is InChI=1S/C28H52ClN3O12P2.Na/c1-2-3-4-5-6-7-8-9-10-11-12-13-14-15-18-40-20-22(19-29)43-46(38,39)44-45(36,37)41-21-23-25(33)26(34)27(42-23)32-17-16-24(30)31-28(32)35;/h16-17,22-23,25-27,33-34H,2-15,18-21H2,1H3,(H,36,37)(H,38,39)(H2,30,31,35);/q;+1/p-1. The third-order valence-corrected chi connectivity index (χ3v) is 10.5. The van der Waals surface area contributed by atoms with E-state index in [0.717, 1.165) is 30.3 Å². The molecule has 2 heterocycles. The third-order valence-electron chi connectivity index (χ3n) is 7.46. The number of unbranched alkanes of at least 4 members (excludes halogenated alkanes) is 13. The van der Waals surface area contributed by atoms with E-state index in [0.29, 0.717) is 6.61 Å². The van der Waals surface area contributed by atoms with E-state index in [1.165, 1.54) is 76.5 Å². The number of rotatable bonds is 26. The third kappa shape index (κ3) is 18.2. The van der Waals surface area contributed by atoms with Crippen molar-refractivity contribution >= 4 is 33.1 Å². The first-order valence-corrected chi connectivity index (χ1v) is 19.6. The summed E-state index contributed by atoms with van der Waals surface area (Å²) in [5.74, 6) is -0.379. The normalized spacial score (nSPS) is 22.8. The van der Waals surface area contributed by atoms with Crippen molar-refractivity contribution in [3.63, 3.8) is 0 Å². The SMILES string of the molecule is CCCCCCCCCCCCCCCCOCC(CCl)OP(=O)([O-])OP(=O)(O)OCC1OC(n2ccc(N)nc2=O)C(O)C1O.[Na+]. The van der Waals surface area contributed by atoms with Crippen LogP contribution in [-0.2, 0) is 32.0 Å². The number of anilines is 1. The van der Waals surface area contributed by atoms with Crippen molar-refractivity contribution in [3.8, 4) is 0 Å². The largest absolute Gasteiger partial charge is 1.00 e. The topological polar surface area (TPSA) is 225 Å². The first-order valence-electron chi connectivity index (χ1n) is 16.1. The minimum absolute atomic E-state index is 0. The van der Waals surface area contributed by atoms with Crippen molar-refractivity contribution in [1.29, 1.82) is 0 Å². The Morgan fingerprint density at radius 1 is 1.02 bits per heavy atom. The zero-order valence-corrected chi connectivity index (χ0v) is 32.1. The Morgan fingerprint density at radius 2 is 1.57 bits per heavy atom. The van der Waals surface area contributed by atoms with E-state index in [2.05, 4.69) is 20.7 Å². The van der Waals surface area contributed by atoms with E-state index >= 15 is 0 Å². The number of aliphatic hydroxyl groups excluding tert-OH is 2. The summed E-state index contributed by atoms with van der Waals surface area (Å²) in [7, 11) is -10.7. The van der Waals surface area contributed by atoms with Gasteiger partial charge in [-0.25, -0.2) is 13.7 Å². The monoisotopic (exact) mass is 741 g/mol. The number of ether oxygens (including phenoxy) is 2. The molecule has 268 valence electrons. The number of aromatic nitrogens is 2. The first kappa shape index (κ1) is 45.1. The summed E-state index contributed by atoms with van der Waals surface area (Å²) in [6.45, 7) is 1.53. The first-order chi connectivity index (χ1) is 21.9. The van der Waals surface area contributed by atoms with Crippen molar-refractivity contribution in [2.45, 2.75) is 127 Å². The van der Waals surface area contributed by atoms with Gasteiger partial charge in [-0.05, 0) is 12.5 Å². The number of hydrogen-bond donors (Lipinski definition) is 4. The number of halogens is 1. The zero-order chi connectivity index (χ0) is 34.0. The van der Waals surface area contributed by atoms with Crippen LogP contribution in [0.2, 0.25) is 0 Å². The second-order valence-electron chi connectivity index (χ2n) is 11.4. The van der Waals surface area contributed by atoms with Crippen LogP contribution in [-0.4, -0.2) is 74.8 Å². The molecule has 15 nitrogen and oxygen atoms in total. The molecule has 1 saturated heterocycles. The molecule has 2 rings (SSSR count). The molecule has 1 aliphatic heterocycles. The smallest absolute Gasteiger partial charge is 0.756 e. The Bertz CT molecular complexity index is 1160. The number of nitrogens with zero attached hydrogens (tertiary/aromatic N) is 2. The molecule has 0 aliphatic carbocycles. The van der Waals surface area contributed by atoms with Crippen molar-refractivity contribution in [2.75, 3.05) is 31.4 Å². The maximum Gasteiger partial charge on any atom is 1.00 e. The fourth-order valence-corrected chi connectivity index (χ4v) is 7.38. The summed E-state index contributed by atoms with van der Waals surface area (Å²) < 4.78 is 50.0. The summed E-state index contributed by atoms with van der Waals surface area (Å²) in [5, 5.41) is 20.5. The van der Waals surface area contributed by atoms with Gasteiger partial charge >= 0.3 is 43.1 Å². The number of phosphoric acid groups is 2. The minimum atomic E-state index is -5.41. The van der Waals surface area contributed by atoms with Gasteiger partial charge in [0.25, 0.3) is 7.82 Å². The molecule has 0 saturated carbocycles. The summed E-state index contributed by atoms with van der Waals surface area (Å²) in [6.07, 6.45) is 10.9. The molecule has 0 aromatic carbocycles. The van der Waals surface area contributed by atoms with Crippen LogP contribution < -0.4 is 45.9 Å². The van der Waals surface area contributed by atoms with Crippen LogP contribution in [0.1, 0.15) is 103 Å². The van der Waals surface area contributed by atoms with E-state index < -0.39 is 58.6 Å². The van der Waals surface area contributed by atoms with Crippen LogP contribution in [0.4, 0.5) is 5.82 Å². The van der Waals surface area contributed by atoms with Gasteiger partial charge in [-0.2, -0.15) is 4.98 Å². The average molecular weight is 742 g/mol. The molecule has 47 heavy (non-hydrogen) atoms. The predicted molar refractivity (Wildman–Crippen MR) is 170 cm³/mol. The van der Waals surface area contributed by atoms with Gasteiger partial charge in [0.1, 0.15) is 30.2 Å². The van der Waals surface area contributed by atoms with Gasteiger partial charge in [0.2, 0.25) is 0 Å². The van der Waals surface area contributed by atoms with Crippen molar-refractivity contribution in [3.05, 3.63) is 22.7 Å². The van der Waals surface area contributed by atoms with E-state index in [1.807, 2.05) is 0 Å². The van der Waals surface area contributed by atoms with Crippen LogP contribution >= 0.6 is 27.2 Å². The molecule has 0 amide bonds. The molecule has 19 heteroatoms.